The van der Waals surface area contributed by atoms with E-state index in [-0.39, 0.29) is 22.3 Å². The zero-order chi connectivity index (χ0) is 13.1. The summed E-state index contributed by atoms with van der Waals surface area (Å²) in [6.07, 6.45) is 2.68. The van der Waals surface area contributed by atoms with Crippen LogP contribution in [0.1, 0.15) is 10.4 Å². The fraction of sp³-hybridized carbons (Fsp3) is 0. The summed E-state index contributed by atoms with van der Waals surface area (Å²) in [5.74, 6) is -0.537. The summed E-state index contributed by atoms with van der Waals surface area (Å²) in [6, 6.07) is 4.16. The smallest absolute Gasteiger partial charge is 0.260 e. The number of phenols is 1. The lowest BCUT2D eigenvalue weighted by Crippen LogP contribution is -2.13. The Morgan fingerprint density at radius 1 is 1.28 bits per heavy atom. The first-order chi connectivity index (χ1) is 8.56. The average molecular weight is 284 g/mol. The van der Waals surface area contributed by atoms with E-state index in [2.05, 4.69) is 15.3 Å². The quantitative estimate of drug-likeness (QED) is 0.889. The number of aromatic hydroxyl groups is 1. The molecule has 0 saturated heterocycles. The Morgan fingerprint density at radius 2 is 2.06 bits per heavy atom. The summed E-state index contributed by atoms with van der Waals surface area (Å²) in [7, 11) is 0. The molecule has 1 amide bonds. The lowest BCUT2D eigenvalue weighted by atomic mass is 10.2. The third kappa shape index (κ3) is 2.88. The van der Waals surface area contributed by atoms with Crippen molar-refractivity contribution in [3.8, 4) is 5.75 Å². The molecule has 1 aromatic carbocycles. The number of carbonyl (C=O) groups excluding carboxylic acids is 1. The first-order valence-corrected chi connectivity index (χ1v) is 5.59. The fourth-order valence-electron chi connectivity index (χ4n) is 1.28. The van der Waals surface area contributed by atoms with E-state index < -0.39 is 5.91 Å². The molecule has 0 fully saturated rings. The second-order valence-corrected chi connectivity index (χ2v) is 4.17. The molecule has 2 aromatic rings. The number of nitrogens with one attached hydrogen (secondary N) is 1. The summed E-state index contributed by atoms with van der Waals surface area (Å²) >= 11 is 11.4. The zero-order valence-corrected chi connectivity index (χ0v) is 10.4. The van der Waals surface area contributed by atoms with Crippen molar-refractivity contribution in [2.24, 2.45) is 0 Å². The second-order valence-electron chi connectivity index (χ2n) is 3.34. The fourth-order valence-corrected chi connectivity index (χ4v) is 1.60. The van der Waals surface area contributed by atoms with Gasteiger partial charge in [-0.2, -0.15) is 0 Å². The van der Waals surface area contributed by atoms with Gasteiger partial charge in [-0.3, -0.25) is 9.78 Å². The lowest BCUT2D eigenvalue weighted by Gasteiger charge is -2.06. The van der Waals surface area contributed by atoms with Crippen LogP contribution in [0.3, 0.4) is 0 Å². The van der Waals surface area contributed by atoms with Crippen molar-refractivity contribution < 1.29 is 9.90 Å². The Hall–Kier alpha value is -1.85. The van der Waals surface area contributed by atoms with E-state index in [1.807, 2.05) is 0 Å². The van der Waals surface area contributed by atoms with Crippen LogP contribution in [-0.2, 0) is 0 Å². The van der Waals surface area contributed by atoms with Crippen molar-refractivity contribution in [2.45, 2.75) is 0 Å². The molecule has 2 N–H and O–H groups in total. The Balaban J connectivity index is 2.24. The van der Waals surface area contributed by atoms with Crippen LogP contribution in [0.15, 0.2) is 30.6 Å². The van der Waals surface area contributed by atoms with Gasteiger partial charge >= 0.3 is 0 Å². The molecule has 0 bridgehead atoms. The molecule has 0 aliphatic heterocycles. The van der Waals surface area contributed by atoms with Crippen LogP contribution >= 0.6 is 23.2 Å². The molecule has 2 rings (SSSR count). The van der Waals surface area contributed by atoms with Crippen LogP contribution < -0.4 is 5.32 Å². The molecule has 7 heteroatoms. The predicted octanol–water partition coefficient (Wildman–Crippen LogP) is 2.74. The van der Waals surface area contributed by atoms with Gasteiger partial charge < -0.3 is 10.4 Å². The maximum absolute atomic E-state index is 11.9. The van der Waals surface area contributed by atoms with Crippen molar-refractivity contribution in [3.05, 3.63) is 46.3 Å². The van der Waals surface area contributed by atoms with E-state index in [1.165, 1.54) is 30.6 Å². The van der Waals surface area contributed by atoms with E-state index in [0.29, 0.717) is 5.02 Å². The minimum Gasteiger partial charge on any atom is -0.507 e. The Labute approximate surface area is 112 Å². The van der Waals surface area contributed by atoms with Crippen molar-refractivity contribution in [3.63, 3.8) is 0 Å². The second kappa shape index (κ2) is 5.20. The normalized spacial score (nSPS) is 10.1. The highest BCUT2D eigenvalue weighted by Crippen LogP contribution is 2.22. The molecule has 0 radical (unpaired) electrons. The largest absolute Gasteiger partial charge is 0.507 e. The topological polar surface area (TPSA) is 75.1 Å². The van der Waals surface area contributed by atoms with Gasteiger partial charge in [-0.1, -0.05) is 23.2 Å². The van der Waals surface area contributed by atoms with Crippen LogP contribution in [-0.4, -0.2) is 21.0 Å². The standard InChI is InChI=1S/C11H7Cl2N3O2/c12-6-1-2-8(17)7(3-6)11(18)16-10-5-14-4-9(13)15-10/h1-5,17H,(H,15,16,18). The van der Waals surface area contributed by atoms with Crippen molar-refractivity contribution in [2.75, 3.05) is 5.32 Å². The van der Waals surface area contributed by atoms with E-state index in [9.17, 15) is 9.90 Å². The number of amides is 1. The Bertz CT molecular complexity index is 605. The molecule has 1 aromatic heterocycles. The van der Waals surface area contributed by atoms with E-state index >= 15 is 0 Å². The van der Waals surface area contributed by atoms with Crippen LogP contribution in [0.2, 0.25) is 10.2 Å². The number of carbonyl (C=O) groups is 1. The van der Waals surface area contributed by atoms with Gasteiger partial charge in [-0.25, -0.2) is 4.98 Å². The van der Waals surface area contributed by atoms with Gasteiger partial charge in [0.25, 0.3) is 5.91 Å². The first-order valence-electron chi connectivity index (χ1n) is 4.83. The molecule has 0 atom stereocenters. The predicted molar refractivity (Wildman–Crippen MR) is 68.1 cm³/mol. The summed E-state index contributed by atoms with van der Waals surface area (Å²) < 4.78 is 0. The molecule has 0 saturated carbocycles. The van der Waals surface area contributed by atoms with Gasteiger partial charge in [0.05, 0.1) is 18.0 Å². The first kappa shape index (κ1) is 12.6. The summed E-state index contributed by atoms with van der Waals surface area (Å²) in [6.45, 7) is 0. The number of aromatic nitrogens is 2. The lowest BCUT2D eigenvalue weighted by molar-refractivity contribution is 0.102. The number of phenolic OH excluding ortho intramolecular Hbond substituents is 1. The molecular formula is C11H7Cl2N3O2. The summed E-state index contributed by atoms with van der Waals surface area (Å²) in [5.41, 5.74) is 0.0456. The molecule has 0 spiro atoms. The van der Waals surface area contributed by atoms with Crippen molar-refractivity contribution >= 4 is 34.9 Å². The highest BCUT2D eigenvalue weighted by atomic mass is 35.5. The summed E-state index contributed by atoms with van der Waals surface area (Å²) in [4.78, 5) is 19.5. The molecule has 18 heavy (non-hydrogen) atoms. The minimum atomic E-state index is -0.549. The summed E-state index contributed by atoms with van der Waals surface area (Å²) in [5, 5.41) is 12.5. The van der Waals surface area contributed by atoms with Crippen LogP contribution in [0.4, 0.5) is 5.82 Å². The average Bonchev–Trinajstić information content (AvgIpc) is 2.32. The number of benzene rings is 1. The molecule has 1 heterocycles. The van der Waals surface area contributed by atoms with Crippen LogP contribution in [0.5, 0.6) is 5.75 Å². The molecule has 0 unspecified atom stereocenters. The maximum Gasteiger partial charge on any atom is 0.260 e. The van der Waals surface area contributed by atoms with E-state index in [1.54, 1.807) is 0 Å². The number of hydrogen-bond acceptors (Lipinski definition) is 4. The molecule has 0 aliphatic carbocycles. The Morgan fingerprint density at radius 3 is 2.78 bits per heavy atom. The van der Waals surface area contributed by atoms with E-state index in [4.69, 9.17) is 23.2 Å². The Kier molecular flexibility index (Phi) is 3.64. The molecule has 0 aliphatic rings. The highest BCUT2D eigenvalue weighted by Gasteiger charge is 2.12. The van der Waals surface area contributed by atoms with Gasteiger partial charge in [-0.05, 0) is 18.2 Å². The van der Waals surface area contributed by atoms with Crippen LogP contribution in [0, 0.1) is 0 Å². The number of anilines is 1. The van der Waals surface area contributed by atoms with Gasteiger partial charge in [0.15, 0.2) is 5.82 Å². The zero-order valence-electron chi connectivity index (χ0n) is 8.89. The maximum atomic E-state index is 11.9. The number of hydrogen-bond donors (Lipinski definition) is 2. The van der Waals surface area contributed by atoms with Gasteiger partial charge in [0.2, 0.25) is 0 Å². The molecule has 5 nitrogen and oxygen atoms in total. The molecular weight excluding hydrogens is 277 g/mol. The monoisotopic (exact) mass is 283 g/mol. The van der Waals surface area contributed by atoms with E-state index in [0.717, 1.165) is 0 Å². The molecule has 92 valence electrons. The highest BCUT2D eigenvalue weighted by molar-refractivity contribution is 6.31. The van der Waals surface area contributed by atoms with Crippen molar-refractivity contribution in [1.82, 2.24) is 9.97 Å². The number of rotatable bonds is 2. The number of nitrogens with zero attached hydrogens (tertiary/aromatic N) is 2. The minimum absolute atomic E-state index is 0.0456. The van der Waals surface area contributed by atoms with Crippen molar-refractivity contribution in [1.29, 1.82) is 0 Å². The third-order valence-corrected chi connectivity index (χ3v) is 2.47. The van der Waals surface area contributed by atoms with Gasteiger partial charge in [0.1, 0.15) is 10.9 Å². The van der Waals surface area contributed by atoms with Gasteiger partial charge in [0, 0.05) is 5.02 Å². The third-order valence-electron chi connectivity index (χ3n) is 2.05. The number of halogens is 2. The van der Waals surface area contributed by atoms with Gasteiger partial charge in [-0.15, -0.1) is 0 Å². The van der Waals surface area contributed by atoms with Crippen LogP contribution in [0.25, 0.3) is 0 Å². The SMILES string of the molecule is O=C(Nc1cncc(Cl)n1)c1cc(Cl)ccc1O.